The highest BCUT2D eigenvalue weighted by molar-refractivity contribution is 7.09. The van der Waals surface area contributed by atoms with Crippen molar-refractivity contribution < 1.29 is 0 Å². The van der Waals surface area contributed by atoms with Crippen LogP contribution in [0.15, 0.2) is 121 Å². The van der Waals surface area contributed by atoms with Crippen LogP contribution < -0.4 is 18.1 Å². The van der Waals surface area contributed by atoms with E-state index in [1.165, 1.54) is 82.8 Å². The second kappa shape index (κ2) is 9.91. The van der Waals surface area contributed by atoms with Crippen molar-refractivity contribution in [2.45, 2.75) is 0 Å². The Bertz CT molecular complexity index is 3020. The highest BCUT2D eigenvalue weighted by Gasteiger charge is 2.16. The van der Waals surface area contributed by atoms with Crippen LogP contribution in [0.4, 0.5) is 0 Å². The minimum Gasteiger partial charge on any atom is -0.354 e. The molecule has 0 fully saturated rings. The van der Waals surface area contributed by atoms with Crippen molar-refractivity contribution in [3.63, 3.8) is 0 Å². The molecule has 4 aromatic heterocycles. The van der Waals surface area contributed by atoms with Crippen molar-refractivity contribution in [1.82, 2.24) is 9.97 Å². The maximum Gasteiger partial charge on any atom is 0.0479 e. The zero-order valence-corrected chi connectivity index (χ0v) is 27.3. The lowest BCUT2D eigenvalue weighted by Crippen LogP contribution is -1.97. The Kier molecular flexibility index (Phi) is 5.45. The van der Waals surface area contributed by atoms with Crippen molar-refractivity contribution in [2.24, 2.45) is 0 Å². The zero-order chi connectivity index (χ0) is 31.3. The molecule has 8 bridgehead atoms. The summed E-state index contributed by atoms with van der Waals surface area (Å²) < 4.78 is 5.03. The SMILES string of the molecule is C1=c2sc(c3ccccc23)=Cc2[nH]c(c3ccccc23)C=c2sc(c3c4ccccc4c4ccccc4c23)=Cc2[nH]c1c1ccccc21. The number of rotatable bonds is 0. The van der Waals surface area contributed by atoms with E-state index < -0.39 is 0 Å². The van der Waals surface area contributed by atoms with Crippen molar-refractivity contribution in [3.8, 4) is 0 Å². The van der Waals surface area contributed by atoms with Gasteiger partial charge in [-0.25, -0.2) is 0 Å². The molecule has 10 aromatic rings. The Balaban J connectivity index is 1.40. The smallest absolute Gasteiger partial charge is 0.0479 e. The van der Waals surface area contributed by atoms with E-state index >= 15 is 0 Å². The molecule has 4 heteroatoms. The largest absolute Gasteiger partial charge is 0.354 e. The average Bonchev–Trinajstić information content (AvgIpc) is 3.87. The van der Waals surface area contributed by atoms with Crippen molar-refractivity contribution >= 4 is 112 Å². The monoisotopic (exact) mass is 646 g/mol. The maximum absolute atomic E-state index is 3.89. The Morgan fingerprint density at radius 1 is 0.271 bits per heavy atom. The fourth-order valence-electron chi connectivity index (χ4n) is 7.88. The Morgan fingerprint density at radius 2 is 0.542 bits per heavy atom. The van der Waals surface area contributed by atoms with Gasteiger partial charge in [0.1, 0.15) is 0 Å². The van der Waals surface area contributed by atoms with Gasteiger partial charge in [0.25, 0.3) is 0 Å². The Hall–Kier alpha value is -5.68. The van der Waals surface area contributed by atoms with E-state index in [1.54, 1.807) is 0 Å². The number of benzene rings is 6. The van der Waals surface area contributed by atoms with Crippen LogP contribution in [0, 0.1) is 0 Å². The third-order valence-electron chi connectivity index (χ3n) is 9.98. The van der Waals surface area contributed by atoms with Crippen LogP contribution in [0.2, 0.25) is 0 Å². The van der Waals surface area contributed by atoms with Gasteiger partial charge in [0.2, 0.25) is 0 Å². The molecule has 0 aliphatic carbocycles. The molecule has 0 unspecified atom stereocenters. The van der Waals surface area contributed by atoms with Crippen LogP contribution in [-0.4, -0.2) is 9.97 Å². The van der Waals surface area contributed by atoms with Crippen LogP contribution in [0.25, 0.3) is 88.9 Å². The van der Waals surface area contributed by atoms with Gasteiger partial charge in [-0.2, -0.15) is 0 Å². The molecular weight excluding hydrogens is 621 g/mol. The van der Waals surface area contributed by atoms with Gasteiger partial charge in [-0.05, 0) is 45.8 Å². The molecule has 2 N–H and O–H groups in total. The highest BCUT2D eigenvalue weighted by atomic mass is 32.1. The first-order valence-electron chi connectivity index (χ1n) is 16.3. The molecule has 1 aliphatic rings. The molecule has 0 spiro atoms. The third kappa shape index (κ3) is 3.73. The molecule has 1 aliphatic heterocycles. The van der Waals surface area contributed by atoms with E-state index in [1.807, 2.05) is 22.7 Å². The molecule has 11 rings (SSSR count). The summed E-state index contributed by atoms with van der Waals surface area (Å²) in [7, 11) is 0. The second-order valence-electron chi connectivity index (χ2n) is 12.6. The number of H-pyrrole nitrogens is 2. The van der Waals surface area contributed by atoms with E-state index in [2.05, 4.69) is 156 Å². The minimum atomic E-state index is 1.14. The van der Waals surface area contributed by atoms with Gasteiger partial charge in [-0.3, -0.25) is 0 Å². The summed E-state index contributed by atoms with van der Waals surface area (Å²) in [6.07, 6.45) is 9.48. The Morgan fingerprint density at radius 3 is 0.917 bits per heavy atom. The summed E-state index contributed by atoms with van der Waals surface area (Å²) in [5, 5.41) is 15.3. The average molecular weight is 647 g/mol. The molecule has 0 saturated carbocycles. The van der Waals surface area contributed by atoms with E-state index in [4.69, 9.17) is 0 Å². The van der Waals surface area contributed by atoms with Crippen LogP contribution in [0.5, 0.6) is 0 Å². The third-order valence-corrected chi connectivity index (χ3v) is 12.2. The fraction of sp³-hybridized carbons (Fsp3) is 0. The summed E-state index contributed by atoms with van der Waals surface area (Å²) in [6, 6.07) is 44.2. The molecule has 2 nitrogen and oxygen atoms in total. The van der Waals surface area contributed by atoms with Crippen molar-refractivity contribution in [1.29, 1.82) is 0 Å². The standard InChI is InChI=1S/C44H26N2S2/c1-9-19-33-25(11-1)26-12-2-10-20-34(26)44-42-24-38-30-16-6-4-14-28(30)36(46-38)22-40-32-18-8-7-17-31(32)39(47-40)21-35-27-13-3-5-15-29(27)37(45-35)23-41(48-42)43(33)44/h1-24,45-46H. The molecular formula is C44H26N2S2. The molecule has 0 radical (unpaired) electrons. The highest BCUT2D eigenvalue weighted by Crippen LogP contribution is 2.34. The van der Waals surface area contributed by atoms with E-state index in [9.17, 15) is 0 Å². The van der Waals surface area contributed by atoms with Gasteiger partial charge in [0.15, 0.2) is 0 Å². The number of fused-ring (bicyclic) bond motifs is 25. The van der Waals surface area contributed by atoms with Gasteiger partial charge in [0.05, 0.1) is 0 Å². The fourth-order valence-corrected chi connectivity index (χ4v) is 10.3. The van der Waals surface area contributed by atoms with E-state index in [0.29, 0.717) is 0 Å². The Labute approximate surface area is 282 Å². The number of thiophene rings is 2. The second-order valence-corrected chi connectivity index (χ2v) is 14.8. The topological polar surface area (TPSA) is 31.6 Å². The minimum absolute atomic E-state index is 1.14. The summed E-state index contributed by atoms with van der Waals surface area (Å²) in [5.74, 6) is 0. The summed E-state index contributed by atoms with van der Waals surface area (Å²) in [4.78, 5) is 7.77. The quantitative estimate of drug-likeness (QED) is 0.154. The van der Waals surface area contributed by atoms with E-state index in [-0.39, 0.29) is 0 Å². The molecule has 0 amide bonds. The number of hydrogen-bond acceptors (Lipinski definition) is 2. The lowest BCUT2D eigenvalue weighted by atomic mass is 9.95. The predicted molar refractivity (Wildman–Crippen MR) is 208 cm³/mol. The van der Waals surface area contributed by atoms with Crippen molar-refractivity contribution in [2.75, 3.05) is 0 Å². The zero-order valence-electron chi connectivity index (χ0n) is 25.7. The lowest BCUT2D eigenvalue weighted by molar-refractivity contribution is 1.35. The normalized spacial score (nSPS) is 12.8. The molecule has 0 atom stereocenters. The molecule has 0 saturated heterocycles. The first-order chi connectivity index (χ1) is 23.8. The van der Waals surface area contributed by atoms with Crippen LogP contribution >= 0.6 is 22.7 Å². The van der Waals surface area contributed by atoms with E-state index in [0.717, 1.165) is 22.8 Å². The van der Waals surface area contributed by atoms with Crippen LogP contribution in [0.1, 0.15) is 22.8 Å². The number of aromatic nitrogens is 2. The molecule has 6 aromatic carbocycles. The first kappa shape index (κ1) is 26.4. The number of hydrogen-bond donors (Lipinski definition) is 2. The maximum atomic E-state index is 3.89. The molecule has 5 heterocycles. The first-order valence-corrected chi connectivity index (χ1v) is 17.9. The van der Waals surface area contributed by atoms with Gasteiger partial charge in [-0.15, -0.1) is 22.7 Å². The van der Waals surface area contributed by atoms with Gasteiger partial charge >= 0.3 is 0 Å². The predicted octanol–water partition coefficient (Wildman–Crippen LogP) is 9.01. The molecule has 224 valence electrons. The van der Waals surface area contributed by atoms with Gasteiger partial charge in [-0.1, -0.05) is 121 Å². The van der Waals surface area contributed by atoms with Gasteiger partial charge < -0.3 is 9.97 Å². The van der Waals surface area contributed by atoms with Crippen LogP contribution in [-0.2, 0) is 0 Å². The summed E-state index contributed by atoms with van der Waals surface area (Å²) in [6.45, 7) is 0. The van der Waals surface area contributed by atoms with Gasteiger partial charge in [0, 0.05) is 84.0 Å². The summed E-state index contributed by atoms with van der Waals surface area (Å²) >= 11 is 3.73. The number of aromatic amines is 2. The van der Waals surface area contributed by atoms with Crippen molar-refractivity contribution in [3.05, 3.63) is 162 Å². The van der Waals surface area contributed by atoms with Crippen LogP contribution in [0.3, 0.4) is 0 Å². The summed E-state index contributed by atoms with van der Waals surface area (Å²) in [5.41, 5.74) is 4.54. The lowest BCUT2D eigenvalue weighted by Gasteiger charge is -2.07. The number of nitrogens with one attached hydrogen (secondary N) is 2. The molecule has 48 heavy (non-hydrogen) atoms.